The van der Waals surface area contributed by atoms with Gasteiger partial charge in [0, 0.05) is 26.7 Å². The van der Waals surface area contributed by atoms with E-state index in [-0.39, 0.29) is 17.0 Å². The van der Waals surface area contributed by atoms with Gasteiger partial charge >= 0.3 is 0 Å². The van der Waals surface area contributed by atoms with Crippen LogP contribution in [-0.2, 0) is 16.6 Å². The van der Waals surface area contributed by atoms with Crippen LogP contribution >= 0.6 is 31.9 Å². The Kier molecular flexibility index (Phi) is 5.03. The number of nitrogens with two attached hydrogens (primary N) is 1. The minimum atomic E-state index is -3.76. The molecule has 112 valence electrons. The van der Waals surface area contributed by atoms with Crippen LogP contribution in [0.4, 0.5) is 10.1 Å². The van der Waals surface area contributed by atoms with Gasteiger partial charge in [-0.15, -0.1) is 0 Å². The number of hydrogen-bond donors (Lipinski definition) is 2. The number of anilines is 1. The number of hydrogen-bond acceptors (Lipinski definition) is 3. The van der Waals surface area contributed by atoms with E-state index in [0.29, 0.717) is 14.6 Å². The average Bonchev–Trinajstić information content (AvgIpc) is 2.43. The lowest BCUT2D eigenvalue weighted by atomic mass is 10.2. The van der Waals surface area contributed by atoms with E-state index < -0.39 is 15.8 Å². The van der Waals surface area contributed by atoms with Gasteiger partial charge in [-0.1, -0.05) is 15.9 Å². The molecule has 0 fully saturated rings. The Balaban J connectivity index is 2.21. The number of halogens is 3. The SMILES string of the molecule is Nc1cc(S(=O)(=O)NCc2cc(Br)ccc2F)ccc1Br. The lowest BCUT2D eigenvalue weighted by molar-refractivity contribution is 0.574. The van der Waals surface area contributed by atoms with Crippen LogP contribution in [0, 0.1) is 5.82 Å². The second-order valence-corrected chi connectivity index (χ2v) is 7.78. The van der Waals surface area contributed by atoms with Gasteiger partial charge in [0.2, 0.25) is 10.0 Å². The number of sulfonamides is 1. The predicted molar refractivity (Wildman–Crippen MR) is 86.7 cm³/mol. The molecule has 8 heteroatoms. The van der Waals surface area contributed by atoms with Crippen molar-refractivity contribution in [3.8, 4) is 0 Å². The summed E-state index contributed by atoms with van der Waals surface area (Å²) in [7, 11) is -3.76. The van der Waals surface area contributed by atoms with Crippen LogP contribution in [0.15, 0.2) is 50.2 Å². The van der Waals surface area contributed by atoms with Gasteiger partial charge in [-0.05, 0) is 52.3 Å². The molecule has 0 amide bonds. The minimum absolute atomic E-state index is 0.0265. The van der Waals surface area contributed by atoms with E-state index in [2.05, 4.69) is 36.6 Å². The van der Waals surface area contributed by atoms with E-state index in [1.165, 1.54) is 24.3 Å². The highest BCUT2D eigenvalue weighted by atomic mass is 79.9. The molecule has 0 aliphatic heterocycles. The standard InChI is InChI=1S/C13H11Br2FN2O2S/c14-9-1-4-12(16)8(5-9)7-18-21(19,20)10-2-3-11(15)13(17)6-10/h1-6,18H,7,17H2. The van der Waals surface area contributed by atoms with Crippen molar-refractivity contribution in [3.63, 3.8) is 0 Å². The molecule has 0 unspecified atom stereocenters. The summed E-state index contributed by atoms with van der Waals surface area (Å²) in [4.78, 5) is 0.0265. The first-order chi connectivity index (χ1) is 9.79. The molecule has 4 nitrogen and oxygen atoms in total. The number of benzene rings is 2. The van der Waals surface area contributed by atoms with Crippen molar-refractivity contribution in [1.82, 2.24) is 4.72 Å². The summed E-state index contributed by atoms with van der Waals surface area (Å²) in [6, 6.07) is 8.63. The van der Waals surface area contributed by atoms with Gasteiger partial charge in [0.25, 0.3) is 0 Å². The first-order valence-electron chi connectivity index (χ1n) is 5.78. The lowest BCUT2D eigenvalue weighted by Gasteiger charge is -2.09. The number of rotatable bonds is 4. The van der Waals surface area contributed by atoms with Crippen LogP contribution in [0.2, 0.25) is 0 Å². The maximum absolute atomic E-state index is 13.6. The summed E-state index contributed by atoms with van der Waals surface area (Å²) >= 11 is 6.41. The van der Waals surface area contributed by atoms with Gasteiger partial charge < -0.3 is 5.73 Å². The molecule has 0 aliphatic rings. The van der Waals surface area contributed by atoms with Gasteiger partial charge in [0.1, 0.15) is 5.82 Å². The third kappa shape index (κ3) is 4.03. The van der Waals surface area contributed by atoms with E-state index in [1.807, 2.05) is 0 Å². The largest absolute Gasteiger partial charge is 0.398 e. The first kappa shape index (κ1) is 16.4. The molecule has 3 N–H and O–H groups in total. The van der Waals surface area contributed by atoms with Gasteiger partial charge in [0.15, 0.2) is 0 Å². The Morgan fingerprint density at radius 2 is 1.86 bits per heavy atom. The topological polar surface area (TPSA) is 72.2 Å². The fourth-order valence-electron chi connectivity index (χ4n) is 1.62. The van der Waals surface area contributed by atoms with Crippen molar-refractivity contribution >= 4 is 47.6 Å². The smallest absolute Gasteiger partial charge is 0.240 e. The van der Waals surface area contributed by atoms with Gasteiger partial charge in [-0.2, -0.15) is 0 Å². The number of nitrogen functional groups attached to an aromatic ring is 1. The molecule has 0 bridgehead atoms. The maximum atomic E-state index is 13.6. The van der Waals surface area contributed by atoms with Crippen molar-refractivity contribution in [3.05, 3.63) is 56.7 Å². The van der Waals surface area contributed by atoms with Gasteiger partial charge in [-0.3, -0.25) is 0 Å². The molecule has 0 radical (unpaired) electrons. The summed E-state index contributed by atoms with van der Waals surface area (Å²) in [5.74, 6) is -0.476. The second-order valence-electron chi connectivity index (χ2n) is 4.24. The zero-order chi connectivity index (χ0) is 15.6. The molecule has 0 aliphatic carbocycles. The van der Waals surface area contributed by atoms with E-state index in [1.54, 1.807) is 12.1 Å². The van der Waals surface area contributed by atoms with Crippen LogP contribution in [0.1, 0.15) is 5.56 Å². The molecule has 0 atom stereocenters. The summed E-state index contributed by atoms with van der Waals surface area (Å²) in [5, 5.41) is 0. The Labute approximate surface area is 138 Å². The molecule has 0 saturated carbocycles. The Morgan fingerprint density at radius 1 is 1.14 bits per heavy atom. The third-order valence-electron chi connectivity index (χ3n) is 2.74. The summed E-state index contributed by atoms with van der Waals surface area (Å²) in [5.41, 5.74) is 6.22. The highest BCUT2D eigenvalue weighted by Crippen LogP contribution is 2.23. The zero-order valence-electron chi connectivity index (χ0n) is 10.6. The Hall–Kier alpha value is -0.960. The van der Waals surface area contributed by atoms with Gasteiger partial charge in [0.05, 0.1) is 4.90 Å². The molecule has 21 heavy (non-hydrogen) atoms. The minimum Gasteiger partial charge on any atom is -0.398 e. The van der Waals surface area contributed by atoms with E-state index in [9.17, 15) is 12.8 Å². The quantitative estimate of drug-likeness (QED) is 0.720. The number of nitrogens with one attached hydrogen (secondary N) is 1. The van der Waals surface area contributed by atoms with E-state index >= 15 is 0 Å². The lowest BCUT2D eigenvalue weighted by Crippen LogP contribution is -2.23. The van der Waals surface area contributed by atoms with Crippen LogP contribution in [0.3, 0.4) is 0 Å². The van der Waals surface area contributed by atoms with Crippen LogP contribution < -0.4 is 10.5 Å². The molecule has 0 aromatic heterocycles. The summed E-state index contributed by atoms with van der Waals surface area (Å²) < 4.78 is 41.5. The zero-order valence-corrected chi connectivity index (χ0v) is 14.6. The van der Waals surface area contributed by atoms with Crippen molar-refractivity contribution < 1.29 is 12.8 Å². The predicted octanol–water partition coefficient (Wildman–Crippen LogP) is 3.41. The highest BCUT2D eigenvalue weighted by molar-refractivity contribution is 9.10. The molecular formula is C13H11Br2FN2O2S. The molecule has 2 aromatic carbocycles. The molecule has 2 aromatic rings. The van der Waals surface area contributed by atoms with E-state index in [0.717, 1.165) is 0 Å². The van der Waals surface area contributed by atoms with Crippen LogP contribution in [0.5, 0.6) is 0 Å². The van der Waals surface area contributed by atoms with Crippen molar-refractivity contribution in [2.75, 3.05) is 5.73 Å². The van der Waals surface area contributed by atoms with Crippen molar-refractivity contribution in [2.24, 2.45) is 0 Å². The Bertz CT molecular complexity index is 782. The van der Waals surface area contributed by atoms with Crippen molar-refractivity contribution in [1.29, 1.82) is 0 Å². The summed E-state index contributed by atoms with van der Waals surface area (Å²) in [6.45, 7) is -0.149. The molecule has 0 heterocycles. The van der Waals surface area contributed by atoms with Crippen LogP contribution in [0.25, 0.3) is 0 Å². The average molecular weight is 438 g/mol. The van der Waals surface area contributed by atoms with Crippen molar-refractivity contribution in [2.45, 2.75) is 11.4 Å². The monoisotopic (exact) mass is 436 g/mol. The molecular weight excluding hydrogens is 427 g/mol. The molecule has 0 saturated heterocycles. The second kappa shape index (κ2) is 6.43. The fraction of sp³-hybridized carbons (Fsp3) is 0.0769. The van der Waals surface area contributed by atoms with E-state index in [4.69, 9.17) is 5.73 Å². The fourth-order valence-corrected chi connectivity index (χ4v) is 3.32. The van der Waals surface area contributed by atoms with Crippen LogP contribution in [-0.4, -0.2) is 8.42 Å². The molecule has 2 rings (SSSR count). The van der Waals surface area contributed by atoms with Gasteiger partial charge in [-0.25, -0.2) is 17.5 Å². The normalized spacial score (nSPS) is 11.6. The summed E-state index contributed by atoms with van der Waals surface area (Å²) in [6.07, 6.45) is 0. The maximum Gasteiger partial charge on any atom is 0.240 e. The first-order valence-corrected chi connectivity index (χ1v) is 8.85. The highest BCUT2D eigenvalue weighted by Gasteiger charge is 2.16. The Morgan fingerprint density at radius 3 is 2.52 bits per heavy atom. The third-order valence-corrected chi connectivity index (χ3v) is 5.35. The molecule has 0 spiro atoms.